The lowest BCUT2D eigenvalue weighted by atomic mass is 10.0. The number of aldehydes is 1. The summed E-state index contributed by atoms with van der Waals surface area (Å²) in [6.07, 6.45) is 14.2. The topological polar surface area (TPSA) is 126 Å². The van der Waals surface area contributed by atoms with Gasteiger partial charge in [0.1, 0.15) is 18.0 Å². The molecule has 280 valence electrons. The number of ether oxygens (including phenoxy) is 4. The molecule has 5 rings (SSSR count). The van der Waals surface area contributed by atoms with Crippen LogP contribution in [0.25, 0.3) is 6.08 Å². The van der Waals surface area contributed by atoms with Gasteiger partial charge >= 0.3 is 0 Å². The highest BCUT2D eigenvalue weighted by molar-refractivity contribution is 9.11. The monoisotopic (exact) mass is 968 g/mol. The number of carbonyl (C=O) groups is 1. The number of allylic oxidation sites excluding steroid dienone is 3. The van der Waals surface area contributed by atoms with E-state index >= 15 is 0 Å². The van der Waals surface area contributed by atoms with Crippen molar-refractivity contribution in [2.75, 3.05) is 21.3 Å². The molecule has 0 spiro atoms. The van der Waals surface area contributed by atoms with Crippen LogP contribution in [0.5, 0.6) is 23.5 Å². The highest BCUT2D eigenvalue weighted by Crippen LogP contribution is 2.30. The van der Waals surface area contributed by atoms with Crippen molar-refractivity contribution >= 4 is 76.1 Å². The molecule has 0 amide bonds. The average molecular weight is 972 g/mol. The van der Waals surface area contributed by atoms with Crippen molar-refractivity contribution < 1.29 is 28.8 Å². The minimum absolute atomic E-state index is 0.242. The number of aliphatic hydroxyl groups excluding tert-OH is 1. The van der Waals surface area contributed by atoms with E-state index in [0.29, 0.717) is 29.1 Å². The Labute approximate surface area is 340 Å². The third-order valence-electron chi connectivity index (χ3n) is 5.93. The molecule has 5 heterocycles. The number of aromatic nitrogens is 4. The summed E-state index contributed by atoms with van der Waals surface area (Å²) in [5.41, 5.74) is 3.53. The number of aliphatic hydroxyl groups is 1. The molecular weight excluding hydrogens is 928 g/mol. The predicted octanol–water partition coefficient (Wildman–Crippen LogP) is 10.7. The molecule has 0 aromatic carbocycles. The first-order chi connectivity index (χ1) is 24.5. The van der Waals surface area contributed by atoms with E-state index < -0.39 is 6.10 Å². The van der Waals surface area contributed by atoms with Crippen molar-refractivity contribution in [3.05, 3.63) is 120 Å². The Morgan fingerprint density at radius 1 is 0.808 bits per heavy atom. The maximum absolute atomic E-state index is 9.91. The molecule has 4 aromatic heterocycles. The minimum atomic E-state index is -0.685. The van der Waals surface area contributed by atoms with E-state index in [-0.39, 0.29) is 5.60 Å². The second-order valence-electron chi connectivity index (χ2n) is 11.4. The quantitative estimate of drug-likeness (QED) is 0.113. The van der Waals surface area contributed by atoms with Gasteiger partial charge < -0.3 is 24.1 Å². The fourth-order valence-corrected chi connectivity index (χ4v) is 5.45. The van der Waals surface area contributed by atoms with Crippen molar-refractivity contribution in [2.45, 2.75) is 53.2 Å². The maximum Gasteiger partial charge on any atom is 0.227 e. The molecule has 1 atom stereocenters. The molecule has 0 saturated carbocycles. The van der Waals surface area contributed by atoms with Crippen LogP contribution in [0.4, 0.5) is 0 Å². The number of carbonyl (C=O) groups excluding carboxylic acids is 1. The summed E-state index contributed by atoms with van der Waals surface area (Å²) in [5, 5.41) is 9.91. The van der Waals surface area contributed by atoms with Gasteiger partial charge in [0.2, 0.25) is 23.5 Å². The molecule has 1 aliphatic heterocycles. The summed E-state index contributed by atoms with van der Waals surface area (Å²) in [5.74, 6) is 2.41. The molecule has 0 saturated heterocycles. The number of methoxy groups -OCH3 is 3. The van der Waals surface area contributed by atoms with E-state index in [1.165, 1.54) is 13.2 Å². The maximum atomic E-state index is 9.91. The van der Waals surface area contributed by atoms with E-state index in [2.05, 4.69) is 83.7 Å². The third-order valence-corrected chi connectivity index (χ3v) is 7.80. The highest BCUT2D eigenvalue weighted by atomic mass is 79.9. The fourth-order valence-electron chi connectivity index (χ4n) is 3.61. The molecule has 1 N–H and O–H groups in total. The average Bonchev–Trinajstić information content (AvgIpc) is 3.09. The molecule has 0 fully saturated rings. The summed E-state index contributed by atoms with van der Waals surface area (Å²) in [7, 11) is 4.72. The molecule has 14 heteroatoms. The second-order valence-corrected chi connectivity index (χ2v) is 15.0. The van der Waals surface area contributed by atoms with Crippen LogP contribution in [-0.4, -0.2) is 58.3 Å². The lowest BCUT2D eigenvalue weighted by Gasteiger charge is -2.26. The summed E-state index contributed by atoms with van der Waals surface area (Å²) in [6.45, 7) is 11.7. The Balaban J connectivity index is 0.000000336. The van der Waals surface area contributed by atoms with Gasteiger partial charge in [-0.05, 0) is 148 Å². The Hall–Kier alpha value is -3.43. The molecule has 10 nitrogen and oxygen atoms in total. The van der Waals surface area contributed by atoms with Crippen molar-refractivity contribution in [1.29, 1.82) is 0 Å². The van der Waals surface area contributed by atoms with Gasteiger partial charge in [0.25, 0.3) is 0 Å². The Kier molecular flexibility index (Phi) is 22.2. The van der Waals surface area contributed by atoms with Crippen molar-refractivity contribution in [3.8, 4) is 23.5 Å². The van der Waals surface area contributed by atoms with Gasteiger partial charge in [0, 0.05) is 55.4 Å². The summed E-state index contributed by atoms with van der Waals surface area (Å²) >= 11 is 13.2. The van der Waals surface area contributed by atoms with Gasteiger partial charge in [0.05, 0.1) is 25.8 Å². The molecule has 0 aliphatic carbocycles. The van der Waals surface area contributed by atoms with Crippen LogP contribution in [0.15, 0.2) is 108 Å². The normalized spacial score (nSPS) is 11.9. The molecule has 52 heavy (non-hydrogen) atoms. The Morgan fingerprint density at radius 3 is 1.88 bits per heavy atom. The molecule has 4 aromatic rings. The number of hydrogen-bond acceptors (Lipinski definition) is 10. The zero-order valence-electron chi connectivity index (χ0n) is 30.5. The smallest absolute Gasteiger partial charge is 0.227 e. The minimum Gasteiger partial charge on any atom is -0.481 e. The molecule has 0 bridgehead atoms. The molecular formula is C38H44Br4N4O6. The summed E-state index contributed by atoms with van der Waals surface area (Å²) in [4.78, 5) is 25.7. The molecule has 1 unspecified atom stereocenters. The highest BCUT2D eigenvalue weighted by Gasteiger charge is 2.22. The van der Waals surface area contributed by atoms with E-state index in [0.717, 1.165) is 40.9 Å². The third kappa shape index (κ3) is 18.9. The van der Waals surface area contributed by atoms with Crippen molar-refractivity contribution in [3.63, 3.8) is 0 Å². The lowest BCUT2D eigenvalue weighted by Crippen LogP contribution is -2.27. The number of halogens is 4. The number of hydrogen-bond donors (Lipinski definition) is 1. The zero-order valence-corrected chi connectivity index (χ0v) is 36.9. The van der Waals surface area contributed by atoms with Crippen LogP contribution in [0, 0.1) is 0 Å². The van der Waals surface area contributed by atoms with Gasteiger partial charge in [0.15, 0.2) is 0 Å². The zero-order chi connectivity index (χ0) is 39.3. The van der Waals surface area contributed by atoms with Gasteiger partial charge in [-0.2, -0.15) is 0 Å². The number of pyridine rings is 4. The van der Waals surface area contributed by atoms with Gasteiger partial charge in [-0.15, -0.1) is 0 Å². The van der Waals surface area contributed by atoms with E-state index in [1.54, 1.807) is 57.2 Å². The van der Waals surface area contributed by atoms with Gasteiger partial charge in [-0.1, -0.05) is 23.3 Å². The van der Waals surface area contributed by atoms with E-state index in [9.17, 15) is 9.90 Å². The first-order valence-corrected chi connectivity index (χ1v) is 18.7. The van der Waals surface area contributed by atoms with Crippen LogP contribution in [0.1, 0.15) is 58.8 Å². The van der Waals surface area contributed by atoms with Crippen LogP contribution >= 0.6 is 63.7 Å². The molecule has 1 aliphatic rings. The summed E-state index contributed by atoms with van der Waals surface area (Å²) < 4.78 is 24.0. The van der Waals surface area contributed by atoms with Gasteiger partial charge in [-0.25, -0.2) is 19.9 Å². The van der Waals surface area contributed by atoms with Crippen molar-refractivity contribution in [2.24, 2.45) is 0 Å². The SMILES string of the molecule is CC(C)=CC=O.CC1(C)C=Cc2cc(Br)cnc2O1.COc1ccccn1.COc1ncc(Br)cc1Br.COc1ncc(Br)cc1C(O)C=C(C)C. The van der Waals surface area contributed by atoms with Crippen LogP contribution < -0.4 is 18.9 Å². The lowest BCUT2D eigenvalue weighted by molar-refractivity contribution is -0.104. The first kappa shape index (κ1) is 46.6. The molecule has 0 radical (unpaired) electrons. The second kappa shape index (κ2) is 24.7. The van der Waals surface area contributed by atoms with Crippen LogP contribution in [0.3, 0.4) is 0 Å². The van der Waals surface area contributed by atoms with Crippen LogP contribution in [-0.2, 0) is 4.79 Å². The largest absolute Gasteiger partial charge is 0.481 e. The standard InChI is InChI=1S/C11H14BrNO2.C10H10BrNO.C6H5Br2NO.C6H7NO.C5H8O/c1-7(2)4-10(14)9-5-8(12)6-13-11(9)15-3;1-10(2)4-3-7-5-8(11)6-12-9(7)13-10;1-10-6-5(8)2-4(7)3-9-6;1-8-6-4-2-3-5-7-6;1-5(2)3-4-6/h4-6,10,14H,1-3H3;3-6H,1-2H3;2-3H,1H3;2-5H,1H3;3-4H,1-2H3. The summed E-state index contributed by atoms with van der Waals surface area (Å²) in [6, 6.07) is 11.2. The van der Waals surface area contributed by atoms with Crippen molar-refractivity contribution in [1.82, 2.24) is 19.9 Å². The van der Waals surface area contributed by atoms with E-state index in [1.807, 2.05) is 78.0 Å². The predicted molar refractivity (Wildman–Crippen MR) is 221 cm³/mol. The van der Waals surface area contributed by atoms with E-state index in [4.69, 9.17) is 18.9 Å². The number of rotatable bonds is 6. The van der Waals surface area contributed by atoms with Crippen LogP contribution in [0.2, 0.25) is 0 Å². The van der Waals surface area contributed by atoms with Gasteiger partial charge in [-0.3, -0.25) is 4.79 Å². The number of fused-ring (bicyclic) bond motifs is 1. The fraction of sp³-hybridized carbons (Fsp3) is 0.289. The Bertz CT molecular complexity index is 1780. The number of nitrogens with zero attached hydrogens (tertiary/aromatic N) is 4. The Morgan fingerprint density at radius 2 is 1.40 bits per heavy atom. The first-order valence-electron chi connectivity index (χ1n) is 15.5.